The third kappa shape index (κ3) is 5.51. The van der Waals surface area contributed by atoms with Crippen LogP contribution in [-0.2, 0) is 13.6 Å². The van der Waals surface area contributed by atoms with E-state index in [1.54, 1.807) is 6.92 Å². The van der Waals surface area contributed by atoms with Crippen molar-refractivity contribution in [2.75, 3.05) is 0 Å². The van der Waals surface area contributed by atoms with Crippen molar-refractivity contribution in [2.24, 2.45) is 0 Å². The summed E-state index contributed by atoms with van der Waals surface area (Å²) in [5, 5.41) is 10.1. The third-order valence-electron chi connectivity index (χ3n) is 3.46. The molecule has 0 aromatic carbocycles. The van der Waals surface area contributed by atoms with Crippen LogP contribution in [0.3, 0.4) is 0 Å². The highest BCUT2D eigenvalue weighted by molar-refractivity contribution is 6.86. The van der Waals surface area contributed by atoms with Crippen molar-refractivity contribution in [3.8, 4) is 0 Å². The summed E-state index contributed by atoms with van der Waals surface area (Å²) in [6.45, 7) is 17.3. The minimum absolute atomic E-state index is 0.220. The molecule has 1 N–H and O–H groups in total. The Bertz CT molecular complexity index is 353. The molecule has 2 atom stereocenters. The Morgan fingerprint density at radius 2 is 1.65 bits per heavy atom. The highest BCUT2D eigenvalue weighted by atomic mass is 28.4. The zero-order valence-electron chi connectivity index (χ0n) is 13.9. The van der Waals surface area contributed by atoms with Gasteiger partial charge in [-0.25, -0.2) is 4.79 Å². The number of aliphatic hydroxyl groups excluding tert-OH is 1. The van der Waals surface area contributed by atoms with E-state index in [1.165, 1.54) is 0 Å². The van der Waals surface area contributed by atoms with Gasteiger partial charge in [0, 0.05) is 5.57 Å². The van der Waals surface area contributed by atoms with Crippen LogP contribution in [-0.4, -0.2) is 39.2 Å². The first-order valence-corrected chi connectivity index (χ1v) is 13.2. The molecule has 0 bridgehead atoms. The Morgan fingerprint density at radius 1 is 1.15 bits per heavy atom. The molecular weight excluding hydrogens is 288 g/mol. The quantitative estimate of drug-likeness (QED) is 0.424. The second-order valence-corrected chi connectivity index (χ2v) is 14.9. The summed E-state index contributed by atoms with van der Waals surface area (Å²) in [4.78, 5) is 11.7. The van der Waals surface area contributed by atoms with Gasteiger partial charge in [0.25, 0.3) is 0 Å². The van der Waals surface area contributed by atoms with Crippen LogP contribution in [0.2, 0.25) is 26.2 Å². The molecule has 0 aliphatic heterocycles. The Morgan fingerprint density at radius 3 is 2.00 bits per heavy atom. The lowest BCUT2D eigenvalue weighted by molar-refractivity contribution is -0.141. The summed E-state index contributed by atoms with van der Waals surface area (Å²) < 4.78 is 11.9. The maximum Gasteiger partial charge on any atom is 0.333 e. The predicted molar refractivity (Wildman–Crippen MR) is 87.3 cm³/mol. The Kier molecular flexibility index (Phi) is 7.37. The molecule has 118 valence electrons. The van der Waals surface area contributed by atoms with Crippen molar-refractivity contribution < 1.29 is 18.8 Å². The van der Waals surface area contributed by atoms with Gasteiger partial charge in [0.15, 0.2) is 0 Å². The largest absolute Gasteiger partial charge is 0.460 e. The van der Waals surface area contributed by atoms with Crippen molar-refractivity contribution in [1.29, 1.82) is 0 Å². The highest BCUT2D eigenvalue weighted by Crippen LogP contribution is 2.25. The molecule has 0 amide bonds. The van der Waals surface area contributed by atoms with Crippen molar-refractivity contribution in [2.45, 2.75) is 71.3 Å². The zero-order chi connectivity index (χ0) is 16.1. The summed E-state index contributed by atoms with van der Waals surface area (Å²) in [6, 6.07) is 0. The summed E-state index contributed by atoms with van der Waals surface area (Å²) in [5.41, 5.74) is -0.218. The van der Waals surface area contributed by atoms with Gasteiger partial charge in [0.2, 0.25) is 16.6 Å². The molecular formula is C14H30O4Si2. The van der Waals surface area contributed by atoms with Crippen molar-refractivity contribution in [3.05, 3.63) is 12.2 Å². The smallest absolute Gasteiger partial charge is 0.333 e. The molecule has 0 spiro atoms. The fraction of sp³-hybridized carbons (Fsp3) is 0.786. The molecule has 0 aliphatic rings. The maximum atomic E-state index is 11.7. The van der Waals surface area contributed by atoms with Crippen LogP contribution in [0.15, 0.2) is 12.2 Å². The first kappa shape index (κ1) is 19.6. The van der Waals surface area contributed by atoms with Gasteiger partial charge < -0.3 is 14.0 Å². The van der Waals surface area contributed by atoms with Crippen LogP contribution in [0.4, 0.5) is 0 Å². The normalized spacial score (nSPS) is 15.6. The molecule has 4 nitrogen and oxygen atoms in total. The van der Waals surface area contributed by atoms with E-state index >= 15 is 0 Å². The Balaban J connectivity index is 4.98. The van der Waals surface area contributed by atoms with Crippen LogP contribution in [0.25, 0.3) is 0 Å². The first-order chi connectivity index (χ1) is 8.97. The number of carbonyl (C=O) groups is 1. The number of esters is 1. The first-order valence-electron chi connectivity index (χ1n) is 7.22. The SMILES string of the molecule is C=C(C)C(=O)OC(CC)[Si](C)(C)O[Si](C)(C)C(O)CC. The van der Waals surface area contributed by atoms with Gasteiger partial charge in [-0.1, -0.05) is 20.4 Å². The zero-order valence-corrected chi connectivity index (χ0v) is 15.9. The number of rotatable bonds is 8. The summed E-state index contributed by atoms with van der Waals surface area (Å²) >= 11 is 0. The standard InChI is InChI=1S/C14H30O4Si2/c1-9-12(15)19(5,6)18-20(7,8)13(10-2)17-14(16)11(3)4/h12-13,15H,3,9-10H2,1-2,4-8H3. The second-order valence-electron chi connectivity index (χ2n) is 6.32. The van der Waals surface area contributed by atoms with Crippen LogP contribution in [0.1, 0.15) is 33.6 Å². The fourth-order valence-electron chi connectivity index (χ4n) is 2.25. The van der Waals surface area contributed by atoms with Gasteiger partial charge in [-0.15, -0.1) is 0 Å². The average molecular weight is 319 g/mol. The van der Waals surface area contributed by atoms with E-state index in [0.29, 0.717) is 18.4 Å². The summed E-state index contributed by atoms with van der Waals surface area (Å²) in [5.74, 6) is -0.364. The fourth-order valence-corrected chi connectivity index (χ4v) is 11.1. The maximum absolute atomic E-state index is 11.7. The second kappa shape index (κ2) is 7.54. The minimum Gasteiger partial charge on any atom is -0.460 e. The monoisotopic (exact) mass is 318 g/mol. The van der Waals surface area contributed by atoms with E-state index in [4.69, 9.17) is 8.85 Å². The van der Waals surface area contributed by atoms with E-state index in [2.05, 4.69) is 6.58 Å². The molecule has 0 radical (unpaired) electrons. The number of hydrogen-bond acceptors (Lipinski definition) is 4. The van der Waals surface area contributed by atoms with Gasteiger partial charge in [0.05, 0.1) is 5.73 Å². The molecule has 0 saturated heterocycles. The number of hydrogen-bond donors (Lipinski definition) is 1. The molecule has 0 saturated carbocycles. The molecule has 0 fully saturated rings. The van der Waals surface area contributed by atoms with Gasteiger partial charge >= 0.3 is 5.97 Å². The predicted octanol–water partition coefficient (Wildman–Crippen LogP) is 3.16. The molecule has 0 heterocycles. The molecule has 0 aromatic heterocycles. The van der Waals surface area contributed by atoms with E-state index in [0.717, 1.165) is 0 Å². The number of carbonyl (C=O) groups excluding carboxylic acids is 1. The minimum atomic E-state index is -2.24. The van der Waals surface area contributed by atoms with Crippen LogP contribution in [0.5, 0.6) is 0 Å². The summed E-state index contributed by atoms with van der Waals surface area (Å²) in [6.07, 6.45) is 1.40. The van der Waals surface area contributed by atoms with Gasteiger partial charge in [0.1, 0.15) is 5.73 Å². The lowest BCUT2D eigenvalue weighted by Crippen LogP contribution is -2.58. The van der Waals surface area contributed by atoms with Crippen LogP contribution >= 0.6 is 0 Å². The highest BCUT2D eigenvalue weighted by Gasteiger charge is 2.43. The summed E-state index contributed by atoms with van der Waals surface area (Å²) in [7, 11) is -4.43. The van der Waals surface area contributed by atoms with E-state index < -0.39 is 22.4 Å². The van der Waals surface area contributed by atoms with Crippen molar-refractivity contribution >= 4 is 22.6 Å². The lowest BCUT2D eigenvalue weighted by Gasteiger charge is -2.40. The molecule has 6 heteroatoms. The van der Waals surface area contributed by atoms with Crippen molar-refractivity contribution in [1.82, 2.24) is 0 Å². The lowest BCUT2D eigenvalue weighted by atomic mass is 10.4. The van der Waals surface area contributed by atoms with Crippen LogP contribution < -0.4 is 0 Å². The number of aliphatic hydroxyl groups is 1. The Labute approximate surface area is 125 Å². The van der Waals surface area contributed by atoms with Gasteiger partial charge in [-0.3, -0.25) is 0 Å². The average Bonchev–Trinajstić information content (AvgIpc) is 2.32. The van der Waals surface area contributed by atoms with E-state index in [9.17, 15) is 9.90 Å². The van der Waals surface area contributed by atoms with E-state index in [-0.39, 0.29) is 11.7 Å². The molecule has 0 aromatic rings. The van der Waals surface area contributed by atoms with Crippen molar-refractivity contribution in [3.63, 3.8) is 0 Å². The molecule has 20 heavy (non-hydrogen) atoms. The van der Waals surface area contributed by atoms with Gasteiger partial charge in [-0.05, 0) is 46.0 Å². The molecule has 2 unspecified atom stereocenters. The third-order valence-corrected chi connectivity index (χ3v) is 11.8. The molecule has 0 aliphatic carbocycles. The Hall–Kier alpha value is -0.436. The topological polar surface area (TPSA) is 55.8 Å². The number of ether oxygens (including phenoxy) is 1. The van der Waals surface area contributed by atoms with E-state index in [1.807, 2.05) is 40.0 Å². The van der Waals surface area contributed by atoms with Gasteiger partial charge in [-0.2, -0.15) is 0 Å². The van der Waals surface area contributed by atoms with Crippen LogP contribution in [0, 0.1) is 0 Å². The molecule has 0 rings (SSSR count).